The molecule has 410 valence electrons. The van der Waals surface area contributed by atoms with Crippen molar-refractivity contribution < 1.29 is 52.7 Å². The van der Waals surface area contributed by atoms with E-state index in [0.717, 1.165) is 49.4 Å². The molecule has 1 saturated heterocycles. The van der Waals surface area contributed by atoms with Gasteiger partial charge in [0.1, 0.15) is 43.4 Å². The summed E-state index contributed by atoms with van der Waals surface area (Å²) in [6.07, 6.45) is 5.34. The number of nitrogens with zero attached hydrogens (tertiary/aromatic N) is 4. The average Bonchev–Trinajstić information content (AvgIpc) is 3.71. The number of fused-ring (bicyclic) bond motifs is 1. The molecule has 0 unspecified atom stereocenters. The molecule has 18 nitrogen and oxygen atoms in total. The Balaban J connectivity index is 2.34. The van der Waals surface area contributed by atoms with Crippen molar-refractivity contribution in [2.24, 2.45) is 23.7 Å². The largest absolute Gasteiger partial charge is 0.466 e. The lowest BCUT2D eigenvalue weighted by molar-refractivity contribution is -0.164. The van der Waals surface area contributed by atoms with Crippen LogP contribution in [0.2, 0.25) is 0 Å². The first kappa shape index (κ1) is 61.6. The van der Waals surface area contributed by atoms with Gasteiger partial charge >= 0.3 is 11.9 Å². The molecule has 0 spiro atoms. The molecule has 0 saturated carbocycles. The molecule has 1 aliphatic heterocycles. The highest BCUT2D eigenvalue weighted by Gasteiger charge is 2.41. The maximum Gasteiger partial charge on any atom is 0.329 e. The van der Waals surface area contributed by atoms with E-state index in [4.69, 9.17) is 14.3 Å². The van der Waals surface area contributed by atoms with Crippen LogP contribution in [0.4, 0.5) is 0 Å². The van der Waals surface area contributed by atoms with E-state index in [9.17, 15) is 28.8 Å². The summed E-state index contributed by atoms with van der Waals surface area (Å²) in [6, 6.07) is 0.328. The van der Waals surface area contributed by atoms with Crippen molar-refractivity contribution in [1.29, 1.82) is 0 Å². The third kappa shape index (κ3) is 18.0. The number of amides is 6. The second kappa shape index (κ2) is 29.9. The number of carbonyl (C=O) groups is 8. The Bertz CT molecular complexity index is 2160. The quantitative estimate of drug-likeness (QED) is 0.124. The first-order chi connectivity index (χ1) is 34.5. The lowest BCUT2D eigenvalue weighted by atomic mass is 9.94. The number of nitrogens with one attached hydrogen (secondary N) is 3. The van der Waals surface area contributed by atoms with Crippen molar-refractivity contribution in [2.45, 2.75) is 195 Å². The van der Waals surface area contributed by atoms with Crippen LogP contribution in [0, 0.1) is 23.7 Å². The van der Waals surface area contributed by atoms with Gasteiger partial charge < -0.3 is 45.0 Å². The summed E-state index contributed by atoms with van der Waals surface area (Å²) in [5.74, 6) is -5.76. The molecule has 0 bridgehead atoms. The van der Waals surface area contributed by atoms with Crippen LogP contribution in [-0.2, 0) is 54.3 Å². The smallest absolute Gasteiger partial charge is 0.329 e. The number of para-hydroxylation sites is 1. The van der Waals surface area contributed by atoms with Crippen LogP contribution in [0.25, 0.3) is 10.9 Å². The van der Waals surface area contributed by atoms with Gasteiger partial charge in [0.25, 0.3) is 5.91 Å². The van der Waals surface area contributed by atoms with E-state index < -0.39 is 89.7 Å². The lowest BCUT2D eigenvalue weighted by Crippen LogP contribution is -2.60. The molecule has 3 rings (SSSR count). The van der Waals surface area contributed by atoms with Crippen molar-refractivity contribution in [3.8, 4) is 0 Å². The van der Waals surface area contributed by atoms with Gasteiger partial charge in [-0.05, 0) is 74.8 Å². The van der Waals surface area contributed by atoms with E-state index in [-0.39, 0.29) is 75.2 Å². The Hall–Kier alpha value is -5.68. The van der Waals surface area contributed by atoms with Gasteiger partial charge in [0.15, 0.2) is 6.10 Å². The third-order valence-corrected chi connectivity index (χ3v) is 14.0. The molecule has 1 aliphatic rings. The number of carbonyl (C=O) groups excluding carboxylic acids is 8. The number of hydrogen-bond acceptors (Lipinski definition) is 11. The van der Waals surface area contributed by atoms with Crippen LogP contribution < -0.4 is 20.8 Å². The van der Waals surface area contributed by atoms with Gasteiger partial charge in [-0.15, -0.1) is 0 Å². The van der Waals surface area contributed by atoms with Gasteiger partial charge in [0, 0.05) is 52.0 Å². The second-order valence-electron chi connectivity index (χ2n) is 21.1. The van der Waals surface area contributed by atoms with Crippen LogP contribution >= 0.6 is 0 Å². The number of hydrogen-bond donors (Lipinski definition) is 3. The molecule has 1 aromatic carbocycles. The van der Waals surface area contributed by atoms with Crippen LogP contribution in [0.3, 0.4) is 0 Å². The zero-order valence-corrected chi connectivity index (χ0v) is 46.4. The molecular formula is C55H89N7O11. The molecule has 18 heteroatoms. The minimum absolute atomic E-state index is 0.0162. The molecule has 6 amide bonds. The second-order valence-corrected chi connectivity index (χ2v) is 21.1. The number of benzene rings is 1. The predicted molar refractivity (Wildman–Crippen MR) is 281 cm³/mol. The van der Waals surface area contributed by atoms with Crippen molar-refractivity contribution in [3.05, 3.63) is 36.0 Å². The van der Waals surface area contributed by atoms with E-state index in [2.05, 4.69) is 29.8 Å². The van der Waals surface area contributed by atoms with Crippen molar-refractivity contribution >= 4 is 58.3 Å². The van der Waals surface area contributed by atoms with Crippen LogP contribution in [0.5, 0.6) is 0 Å². The number of aromatic nitrogens is 1. The highest BCUT2D eigenvalue weighted by atomic mass is 16.6. The Morgan fingerprint density at radius 3 is 1.68 bits per heavy atom. The van der Waals surface area contributed by atoms with Crippen molar-refractivity contribution in [3.63, 3.8) is 0 Å². The van der Waals surface area contributed by atoms with E-state index in [1.54, 1.807) is 17.9 Å². The van der Waals surface area contributed by atoms with Crippen molar-refractivity contribution in [2.75, 3.05) is 34.9 Å². The van der Waals surface area contributed by atoms with Gasteiger partial charge in [-0.1, -0.05) is 112 Å². The van der Waals surface area contributed by atoms with Crippen LogP contribution in [0.1, 0.15) is 152 Å². The third-order valence-electron chi connectivity index (χ3n) is 14.0. The maximum atomic E-state index is 15.2. The fourth-order valence-corrected chi connectivity index (χ4v) is 9.47. The fraction of sp³-hybridized carbons (Fsp3) is 0.709. The SMILES string of the molecule is CCCC[C@@H](C)C[C@@H]1NC(=O)[C@@H](CCC(=O)OCC)OC(=O)[C@H](C)N(C)C(=O)[C@H](C[C@@H](C)CCCC)NC(=O)[C@H](Cc2cn(OC)c3ccccc23)N(C)C(=O)[C@H](CC(C)C)NC(=O)[C@H](CC(C)C)N(C)C1=O. The fourth-order valence-electron chi connectivity index (χ4n) is 9.47. The minimum Gasteiger partial charge on any atom is -0.466 e. The summed E-state index contributed by atoms with van der Waals surface area (Å²) < 4.78 is 12.6. The monoisotopic (exact) mass is 1020 g/mol. The minimum atomic E-state index is -1.59. The first-order valence-corrected chi connectivity index (χ1v) is 26.7. The Morgan fingerprint density at radius 2 is 1.16 bits per heavy atom. The molecule has 1 fully saturated rings. The zero-order chi connectivity index (χ0) is 54.7. The van der Waals surface area contributed by atoms with E-state index in [0.29, 0.717) is 5.56 Å². The number of esters is 2. The van der Waals surface area contributed by atoms with Gasteiger partial charge in [0.05, 0.1) is 12.1 Å². The van der Waals surface area contributed by atoms with Gasteiger partial charge in [-0.2, -0.15) is 4.73 Å². The molecule has 0 radical (unpaired) electrons. The average molecular weight is 1020 g/mol. The van der Waals surface area contributed by atoms with E-state index in [1.165, 1.54) is 49.9 Å². The topological polar surface area (TPSA) is 215 Å². The summed E-state index contributed by atoms with van der Waals surface area (Å²) >= 11 is 0. The molecule has 2 aromatic rings. The molecule has 0 aliphatic carbocycles. The molecule has 9 atom stereocenters. The maximum absolute atomic E-state index is 15.2. The lowest BCUT2D eigenvalue weighted by Gasteiger charge is -2.35. The number of likely N-dealkylation sites (N-methyl/N-ethyl adjacent to an activating group) is 3. The standard InChI is InChI=1S/C55H89N7O11/c1-15-18-22-36(8)30-42-52(67)59(11)38(10)55(70)73-47(26-27-48(63)72-17-3)51(66)58-43(31-37(9)23-19-16-2)54(69)60(12)45(29-35(6)7)49(64)56-41(28-34(4)5)53(68)61(13)46(50(65)57-42)32-39-33-62(71-14)44-25-21-20-24-40(39)44/h20-21,24-25,33-38,41-43,45-47H,15-19,22-23,26-32H2,1-14H3,(H,56,64)(H,57,65)(H,58,66)/t36-,37+,38-,41-,42-,43-,45-,46-,47+/m0/s1. The summed E-state index contributed by atoms with van der Waals surface area (Å²) in [6.45, 7) is 18.9. The Labute approximate surface area is 434 Å². The van der Waals surface area contributed by atoms with Crippen LogP contribution in [0.15, 0.2) is 30.5 Å². The number of unbranched alkanes of at least 4 members (excludes halogenated alkanes) is 2. The highest BCUT2D eigenvalue weighted by molar-refractivity contribution is 5.98. The van der Waals surface area contributed by atoms with E-state index in [1.807, 2.05) is 65.8 Å². The summed E-state index contributed by atoms with van der Waals surface area (Å²) in [5, 5.41) is 9.60. The number of ether oxygens (including phenoxy) is 2. The highest BCUT2D eigenvalue weighted by Crippen LogP contribution is 2.26. The zero-order valence-electron chi connectivity index (χ0n) is 46.4. The molecule has 73 heavy (non-hydrogen) atoms. The molecular weight excluding hydrogens is 935 g/mol. The molecule has 2 heterocycles. The molecule has 1 aromatic heterocycles. The predicted octanol–water partition coefficient (Wildman–Crippen LogP) is 5.99. The molecule has 3 N–H and O–H groups in total. The number of cyclic esters (lactones) is 1. The Kier molecular flexibility index (Phi) is 25.2. The summed E-state index contributed by atoms with van der Waals surface area (Å²) in [5.41, 5.74) is 1.41. The Morgan fingerprint density at radius 1 is 0.671 bits per heavy atom. The summed E-state index contributed by atoms with van der Waals surface area (Å²) in [7, 11) is 5.94. The normalized spacial score (nSPS) is 23.5. The van der Waals surface area contributed by atoms with E-state index >= 15 is 9.59 Å². The summed E-state index contributed by atoms with van der Waals surface area (Å²) in [4.78, 5) is 126. The van der Waals surface area contributed by atoms with Crippen LogP contribution in [-0.4, -0.2) is 144 Å². The van der Waals surface area contributed by atoms with Gasteiger partial charge in [-0.25, -0.2) is 4.79 Å². The van der Waals surface area contributed by atoms with Gasteiger partial charge in [-0.3, -0.25) is 33.6 Å². The number of rotatable bonds is 21. The van der Waals surface area contributed by atoms with Gasteiger partial charge in [0.2, 0.25) is 29.5 Å². The van der Waals surface area contributed by atoms with Crippen molar-refractivity contribution in [1.82, 2.24) is 35.4 Å². The first-order valence-electron chi connectivity index (χ1n) is 26.7.